The molecule has 2 heterocycles. The molecule has 2 aromatic carbocycles. The molecule has 0 aliphatic carbocycles. The van der Waals surface area contributed by atoms with Crippen LogP contribution in [0.1, 0.15) is 21.5 Å². The minimum atomic E-state index is -0.0903. The second kappa shape index (κ2) is 9.00. The van der Waals surface area contributed by atoms with Crippen LogP contribution < -0.4 is 10.2 Å². The largest absolute Gasteiger partial charge is 0.363 e. The van der Waals surface area contributed by atoms with Crippen molar-refractivity contribution in [1.82, 2.24) is 20.3 Å². The van der Waals surface area contributed by atoms with Gasteiger partial charge in [-0.15, -0.1) is 0 Å². The van der Waals surface area contributed by atoms with Gasteiger partial charge in [-0.1, -0.05) is 48.2 Å². The van der Waals surface area contributed by atoms with Crippen molar-refractivity contribution in [1.29, 1.82) is 0 Å². The average Bonchev–Trinajstić information content (AvgIpc) is 3.19. The highest BCUT2D eigenvalue weighted by molar-refractivity contribution is 7.98. The molecule has 0 fully saturated rings. The highest BCUT2D eigenvalue weighted by atomic mass is 32.2. The number of aromatic nitrogens is 3. The number of carbonyl (C=O) groups excluding carboxylic acids is 1. The number of aromatic amines is 1. The summed E-state index contributed by atoms with van der Waals surface area (Å²) in [5, 5.41) is 3.84. The lowest BCUT2D eigenvalue weighted by molar-refractivity contribution is 0.0950. The number of nitrogens with one attached hydrogen (secondary N) is 2. The molecule has 0 aliphatic rings. The number of hydrogen-bond donors (Lipinski definition) is 2. The first-order valence-corrected chi connectivity index (χ1v) is 10.6. The van der Waals surface area contributed by atoms with Gasteiger partial charge in [-0.05, 0) is 35.4 Å². The Morgan fingerprint density at radius 3 is 2.63 bits per heavy atom. The Morgan fingerprint density at radius 2 is 1.87 bits per heavy atom. The number of imidazole rings is 1. The molecule has 0 unspecified atom stereocenters. The highest BCUT2D eigenvalue weighted by Crippen LogP contribution is 2.24. The van der Waals surface area contributed by atoms with Crippen LogP contribution in [0.25, 0.3) is 11.0 Å². The van der Waals surface area contributed by atoms with Crippen molar-refractivity contribution >= 4 is 34.5 Å². The zero-order chi connectivity index (χ0) is 20.9. The molecule has 0 spiro atoms. The number of amides is 1. The number of pyridine rings is 1. The molecule has 0 bridgehead atoms. The van der Waals surface area contributed by atoms with E-state index in [-0.39, 0.29) is 5.91 Å². The molecule has 2 aromatic heterocycles. The fraction of sp³-hybridized carbons (Fsp3) is 0.174. The maximum atomic E-state index is 12.8. The molecule has 7 heteroatoms. The standard InChI is InChI=1S/C23H23N5OS/c1-28(2)21-12-11-16(13-24-21)14-25-22(29)18-8-4-3-7-17(18)15-30-23-26-19-9-5-6-10-20(19)27-23/h3-13H,14-15H2,1-2H3,(H,25,29)(H,26,27). The van der Waals surface area contributed by atoms with E-state index in [0.29, 0.717) is 17.9 Å². The molecule has 6 nitrogen and oxygen atoms in total. The number of hydrogen-bond acceptors (Lipinski definition) is 5. The first-order valence-electron chi connectivity index (χ1n) is 9.66. The van der Waals surface area contributed by atoms with Gasteiger partial charge < -0.3 is 15.2 Å². The van der Waals surface area contributed by atoms with Crippen molar-refractivity contribution in [3.05, 3.63) is 83.6 Å². The number of anilines is 1. The van der Waals surface area contributed by atoms with Crippen LogP contribution in [0.2, 0.25) is 0 Å². The molecule has 4 rings (SSSR count). The SMILES string of the molecule is CN(C)c1ccc(CNC(=O)c2ccccc2CSc2nc3ccccc3[nH]2)cn1. The van der Waals surface area contributed by atoms with Crippen molar-refractivity contribution in [2.45, 2.75) is 17.5 Å². The maximum absolute atomic E-state index is 12.8. The van der Waals surface area contributed by atoms with Crippen molar-refractivity contribution < 1.29 is 4.79 Å². The molecule has 0 saturated heterocycles. The molecule has 1 amide bonds. The van der Waals surface area contributed by atoms with Crippen LogP contribution in [0, 0.1) is 0 Å². The first kappa shape index (κ1) is 20.0. The van der Waals surface area contributed by atoms with E-state index in [1.807, 2.05) is 79.7 Å². The number of carbonyl (C=O) groups is 1. The van der Waals surface area contributed by atoms with E-state index in [9.17, 15) is 4.79 Å². The monoisotopic (exact) mass is 417 g/mol. The van der Waals surface area contributed by atoms with Crippen molar-refractivity contribution in [2.24, 2.45) is 0 Å². The van der Waals surface area contributed by atoms with Crippen molar-refractivity contribution in [3.8, 4) is 0 Å². The van der Waals surface area contributed by atoms with Crippen molar-refractivity contribution in [2.75, 3.05) is 19.0 Å². The number of thioether (sulfide) groups is 1. The van der Waals surface area contributed by atoms with Gasteiger partial charge in [0.15, 0.2) is 5.16 Å². The summed E-state index contributed by atoms with van der Waals surface area (Å²) in [6.45, 7) is 0.435. The molecule has 30 heavy (non-hydrogen) atoms. The molecule has 0 radical (unpaired) electrons. The van der Waals surface area contributed by atoms with Crippen LogP contribution in [-0.2, 0) is 12.3 Å². The summed E-state index contributed by atoms with van der Waals surface area (Å²) in [7, 11) is 3.90. The first-order chi connectivity index (χ1) is 14.6. The lowest BCUT2D eigenvalue weighted by Gasteiger charge is -2.12. The van der Waals surface area contributed by atoms with Crippen LogP contribution in [0.4, 0.5) is 5.82 Å². The molecule has 4 aromatic rings. The third-order valence-corrected chi connectivity index (χ3v) is 5.64. The number of nitrogens with zero attached hydrogens (tertiary/aromatic N) is 3. The second-order valence-corrected chi connectivity index (χ2v) is 8.07. The van der Waals surface area contributed by atoms with Gasteiger partial charge in [0.1, 0.15) is 5.82 Å². The van der Waals surface area contributed by atoms with Crippen LogP contribution >= 0.6 is 11.8 Å². The fourth-order valence-electron chi connectivity index (χ4n) is 3.07. The van der Waals surface area contributed by atoms with E-state index in [1.54, 1.807) is 18.0 Å². The Kier molecular flexibility index (Phi) is 5.99. The van der Waals surface area contributed by atoms with Crippen molar-refractivity contribution in [3.63, 3.8) is 0 Å². The number of fused-ring (bicyclic) bond motifs is 1. The quantitative estimate of drug-likeness (QED) is 0.440. The van der Waals surface area contributed by atoms with Gasteiger partial charge in [-0.3, -0.25) is 4.79 Å². The van der Waals surface area contributed by atoms with Gasteiger partial charge in [-0.25, -0.2) is 9.97 Å². The van der Waals surface area contributed by atoms with Gasteiger partial charge in [0.2, 0.25) is 0 Å². The topological polar surface area (TPSA) is 73.9 Å². The Labute approximate surface area is 179 Å². The maximum Gasteiger partial charge on any atom is 0.251 e. The van der Waals surface area contributed by atoms with E-state index in [2.05, 4.69) is 20.3 Å². The van der Waals surface area contributed by atoms with E-state index < -0.39 is 0 Å². The summed E-state index contributed by atoms with van der Waals surface area (Å²) in [5.41, 5.74) is 4.57. The normalized spacial score (nSPS) is 10.9. The number of benzene rings is 2. The molecule has 152 valence electrons. The number of rotatable bonds is 7. The summed E-state index contributed by atoms with van der Waals surface area (Å²) in [6.07, 6.45) is 1.79. The Balaban J connectivity index is 1.41. The smallest absolute Gasteiger partial charge is 0.251 e. The van der Waals surface area contributed by atoms with E-state index in [0.717, 1.165) is 33.1 Å². The lowest BCUT2D eigenvalue weighted by Crippen LogP contribution is -2.24. The second-order valence-electron chi connectivity index (χ2n) is 7.11. The minimum absolute atomic E-state index is 0.0903. The summed E-state index contributed by atoms with van der Waals surface area (Å²) in [4.78, 5) is 27.0. The van der Waals surface area contributed by atoms with E-state index >= 15 is 0 Å². The van der Waals surface area contributed by atoms with Gasteiger partial charge in [-0.2, -0.15) is 0 Å². The molecule has 0 saturated carbocycles. The van der Waals surface area contributed by atoms with Crippen LogP contribution in [0.3, 0.4) is 0 Å². The molecular formula is C23H23N5OS. The zero-order valence-corrected chi connectivity index (χ0v) is 17.7. The summed E-state index contributed by atoms with van der Waals surface area (Å²) in [6, 6.07) is 19.6. The van der Waals surface area contributed by atoms with Crippen LogP contribution in [0.5, 0.6) is 0 Å². The van der Waals surface area contributed by atoms with Gasteiger partial charge in [0.25, 0.3) is 5.91 Å². The summed E-state index contributed by atoms with van der Waals surface area (Å²) < 4.78 is 0. The van der Waals surface area contributed by atoms with Crippen LogP contribution in [0.15, 0.2) is 72.0 Å². The van der Waals surface area contributed by atoms with Gasteiger partial charge in [0, 0.05) is 38.2 Å². The third-order valence-electron chi connectivity index (χ3n) is 4.71. The Morgan fingerprint density at radius 1 is 1.07 bits per heavy atom. The summed E-state index contributed by atoms with van der Waals surface area (Å²) in [5.74, 6) is 1.45. The van der Waals surface area contributed by atoms with Gasteiger partial charge in [0.05, 0.1) is 11.0 Å². The predicted molar refractivity (Wildman–Crippen MR) is 122 cm³/mol. The number of H-pyrrole nitrogens is 1. The highest BCUT2D eigenvalue weighted by Gasteiger charge is 2.12. The van der Waals surface area contributed by atoms with Gasteiger partial charge >= 0.3 is 0 Å². The number of para-hydroxylation sites is 2. The molecule has 0 atom stereocenters. The zero-order valence-electron chi connectivity index (χ0n) is 16.9. The van der Waals surface area contributed by atoms with E-state index in [4.69, 9.17) is 0 Å². The fourth-order valence-corrected chi connectivity index (χ4v) is 3.96. The molecule has 0 aliphatic heterocycles. The summed E-state index contributed by atoms with van der Waals surface area (Å²) >= 11 is 1.59. The van der Waals surface area contributed by atoms with Crippen LogP contribution in [-0.4, -0.2) is 35.0 Å². The molecular weight excluding hydrogens is 394 g/mol. The Bertz CT molecular complexity index is 1120. The average molecular weight is 418 g/mol. The lowest BCUT2D eigenvalue weighted by atomic mass is 10.1. The molecule has 2 N–H and O–H groups in total. The minimum Gasteiger partial charge on any atom is -0.363 e. The Hall–Kier alpha value is -3.32. The third kappa shape index (κ3) is 4.63. The predicted octanol–water partition coefficient (Wildman–Crippen LogP) is 4.25. The van der Waals surface area contributed by atoms with E-state index in [1.165, 1.54) is 0 Å².